The zero-order chi connectivity index (χ0) is 13.8. The molecule has 2 atom stereocenters. The molecule has 1 aromatic carbocycles. The molecule has 0 radical (unpaired) electrons. The van der Waals surface area contributed by atoms with Crippen LogP contribution in [0.25, 0.3) is 0 Å². The molecule has 0 saturated heterocycles. The van der Waals surface area contributed by atoms with Crippen molar-refractivity contribution in [1.29, 1.82) is 0 Å². The van der Waals surface area contributed by atoms with Gasteiger partial charge < -0.3 is 5.73 Å². The zero-order valence-corrected chi connectivity index (χ0v) is 12.7. The largest absolute Gasteiger partial charge is 0.326 e. The topological polar surface area (TPSA) is 29.3 Å². The smallest absolute Gasteiger partial charge is 0.0497 e. The van der Waals surface area contributed by atoms with E-state index >= 15 is 0 Å². The Kier molecular flexibility index (Phi) is 4.75. The first-order valence-electron chi connectivity index (χ1n) is 6.61. The molecule has 0 bridgehead atoms. The fraction of sp³-hybridized carbons (Fsp3) is 0.375. The molecule has 0 spiro atoms. The third kappa shape index (κ3) is 3.66. The van der Waals surface area contributed by atoms with Gasteiger partial charge in [0.1, 0.15) is 0 Å². The van der Waals surface area contributed by atoms with Crippen molar-refractivity contribution in [2.75, 3.05) is 7.05 Å². The minimum absolute atomic E-state index is 0.102. The van der Waals surface area contributed by atoms with Crippen LogP contribution in [0.5, 0.6) is 0 Å². The quantitative estimate of drug-likeness (QED) is 0.903. The Morgan fingerprint density at radius 1 is 1.32 bits per heavy atom. The van der Waals surface area contributed by atoms with Gasteiger partial charge in [0.15, 0.2) is 0 Å². The van der Waals surface area contributed by atoms with Gasteiger partial charge in [-0.1, -0.05) is 29.8 Å². The normalized spacial score (nSPS) is 14.6. The first kappa shape index (κ1) is 14.3. The SMILES string of the molecule is Cc1cccc(C(C(C)N)N(C)Cc2ccsc2)c1. The molecule has 0 amide bonds. The van der Waals surface area contributed by atoms with Gasteiger partial charge in [0.2, 0.25) is 0 Å². The van der Waals surface area contributed by atoms with E-state index in [-0.39, 0.29) is 12.1 Å². The van der Waals surface area contributed by atoms with Crippen LogP contribution in [0, 0.1) is 6.92 Å². The first-order valence-corrected chi connectivity index (χ1v) is 7.55. The summed E-state index contributed by atoms with van der Waals surface area (Å²) in [7, 11) is 2.15. The maximum absolute atomic E-state index is 6.21. The number of hydrogen-bond donors (Lipinski definition) is 1. The molecular weight excluding hydrogens is 252 g/mol. The highest BCUT2D eigenvalue weighted by Crippen LogP contribution is 2.25. The second-order valence-electron chi connectivity index (χ2n) is 5.26. The van der Waals surface area contributed by atoms with E-state index in [1.807, 2.05) is 0 Å². The van der Waals surface area contributed by atoms with Crippen molar-refractivity contribution in [3.8, 4) is 0 Å². The number of aryl methyl sites for hydroxylation is 1. The average Bonchev–Trinajstić information content (AvgIpc) is 2.81. The third-order valence-electron chi connectivity index (χ3n) is 3.37. The van der Waals surface area contributed by atoms with Crippen LogP contribution in [-0.4, -0.2) is 18.0 Å². The predicted octanol–water partition coefficient (Wildman–Crippen LogP) is 3.58. The average molecular weight is 274 g/mol. The van der Waals surface area contributed by atoms with Crippen LogP contribution in [0.2, 0.25) is 0 Å². The highest BCUT2D eigenvalue weighted by atomic mass is 32.1. The maximum atomic E-state index is 6.21. The van der Waals surface area contributed by atoms with E-state index in [1.54, 1.807) is 11.3 Å². The van der Waals surface area contributed by atoms with E-state index in [4.69, 9.17) is 5.73 Å². The lowest BCUT2D eigenvalue weighted by Crippen LogP contribution is -2.36. The Hall–Kier alpha value is -1.16. The van der Waals surface area contributed by atoms with Crippen LogP contribution >= 0.6 is 11.3 Å². The van der Waals surface area contributed by atoms with Crippen LogP contribution in [0.3, 0.4) is 0 Å². The summed E-state index contributed by atoms with van der Waals surface area (Å²) in [6.45, 7) is 5.14. The van der Waals surface area contributed by atoms with Crippen LogP contribution in [-0.2, 0) is 6.54 Å². The molecule has 0 aliphatic carbocycles. The van der Waals surface area contributed by atoms with Gasteiger partial charge in [-0.15, -0.1) is 0 Å². The fourth-order valence-corrected chi connectivity index (χ4v) is 3.24. The number of nitrogens with two attached hydrogens (primary N) is 1. The van der Waals surface area contributed by atoms with Crippen LogP contribution in [0.4, 0.5) is 0 Å². The number of thiophene rings is 1. The van der Waals surface area contributed by atoms with Gasteiger partial charge in [-0.05, 0) is 48.8 Å². The molecule has 0 saturated carbocycles. The van der Waals surface area contributed by atoms with Gasteiger partial charge in [-0.2, -0.15) is 11.3 Å². The third-order valence-corrected chi connectivity index (χ3v) is 4.10. The summed E-state index contributed by atoms with van der Waals surface area (Å²) in [6, 6.07) is 11.2. The van der Waals surface area contributed by atoms with Crippen LogP contribution in [0.1, 0.15) is 29.7 Å². The van der Waals surface area contributed by atoms with Crippen LogP contribution < -0.4 is 5.73 Å². The number of hydrogen-bond acceptors (Lipinski definition) is 3. The molecule has 2 nitrogen and oxygen atoms in total. The number of rotatable bonds is 5. The van der Waals surface area contributed by atoms with E-state index < -0.39 is 0 Å². The molecule has 0 aliphatic heterocycles. The van der Waals surface area contributed by atoms with E-state index in [1.165, 1.54) is 16.7 Å². The highest BCUT2D eigenvalue weighted by Gasteiger charge is 2.21. The lowest BCUT2D eigenvalue weighted by molar-refractivity contribution is 0.211. The Balaban J connectivity index is 2.20. The van der Waals surface area contributed by atoms with Gasteiger partial charge in [-0.3, -0.25) is 4.90 Å². The van der Waals surface area contributed by atoms with E-state index in [0.29, 0.717) is 0 Å². The van der Waals surface area contributed by atoms with Crippen molar-refractivity contribution in [3.05, 3.63) is 57.8 Å². The van der Waals surface area contributed by atoms with Crippen molar-refractivity contribution in [3.63, 3.8) is 0 Å². The Bertz CT molecular complexity index is 505. The van der Waals surface area contributed by atoms with Gasteiger partial charge >= 0.3 is 0 Å². The van der Waals surface area contributed by atoms with E-state index in [9.17, 15) is 0 Å². The Labute approximate surface area is 119 Å². The van der Waals surface area contributed by atoms with Gasteiger partial charge in [0.05, 0.1) is 0 Å². The second-order valence-corrected chi connectivity index (χ2v) is 6.04. The highest BCUT2D eigenvalue weighted by molar-refractivity contribution is 7.07. The molecule has 102 valence electrons. The Morgan fingerprint density at radius 2 is 2.11 bits per heavy atom. The molecule has 0 aliphatic rings. The Morgan fingerprint density at radius 3 is 2.68 bits per heavy atom. The molecule has 2 aromatic rings. The standard InChI is InChI=1S/C16H22N2S/c1-12-5-4-6-15(9-12)16(13(2)17)18(3)10-14-7-8-19-11-14/h4-9,11,13,16H,10,17H2,1-3H3. The summed E-state index contributed by atoms with van der Waals surface area (Å²) < 4.78 is 0. The van der Waals surface area contributed by atoms with Crippen molar-refractivity contribution in [1.82, 2.24) is 4.90 Å². The van der Waals surface area contributed by atoms with Crippen molar-refractivity contribution >= 4 is 11.3 Å². The van der Waals surface area contributed by atoms with E-state index in [2.05, 4.69) is 66.9 Å². The van der Waals surface area contributed by atoms with Crippen molar-refractivity contribution in [2.45, 2.75) is 32.5 Å². The lowest BCUT2D eigenvalue weighted by atomic mass is 9.97. The predicted molar refractivity (Wildman–Crippen MR) is 83.4 cm³/mol. The molecular formula is C16H22N2S. The number of likely N-dealkylation sites (N-methyl/N-ethyl adjacent to an activating group) is 1. The summed E-state index contributed by atoms with van der Waals surface area (Å²) in [4.78, 5) is 2.33. The number of benzene rings is 1. The van der Waals surface area contributed by atoms with E-state index in [0.717, 1.165) is 6.54 Å². The van der Waals surface area contributed by atoms with Crippen LogP contribution in [0.15, 0.2) is 41.1 Å². The van der Waals surface area contributed by atoms with Crippen molar-refractivity contribution < 1.29 is 0 Å². The van der Waals surface area contributed by atoms with Crippen molar-refractivity contribution in [2.24, 2.45) is 5.73 Å². The van der Waals surface area contributed by atoms with Gasteiger partial charge in [0.25, 0.3) is 0 Å². The lowest BCUT2D eigenvalue weighted by Gasteiger charge is -2.31. The minimum atomic E-state index is 0.102. The minimum Gasteiger partial charge on any atom is -0.326 e. The summed E-state index contributed by atoms with van der Waals surface area (Å²) in [6.07, 6.45) is 0. The molecule has 2 unspecified atom stereocenters. The molecule has 2 N–H and O–H groups in total. The molecule has 19 heavy (non-hydrogen) atoms. The molecule has 2 rings (SSSR count). The summed E-state index contributed by atoms with van der Waals surface area (Å²) >= 11 is 1.74. The summed E-state index contributed by atoms with van der Waals surface area (Å²) in [5.74, 6) is 0. The number of nitrogens with zero attached hydrogens (tertiary/aromatic N) is 1. The molecule has 1 heterocycles. The summed E-state index contributed by atoms with van der Waals surface area (Å²) in [5, 5.41) is 4.32. The second kappa shape index (κ2) is 6.33. The molecule has 0 fully saturated rings. The molecule has 1 aromatic heterocycles. The monoisotopic (exact) mass is 274 g/mol. The maximum Gasteiger partial charge on any atom is 0.0497 e. The fourth-order valence-electron chi connectivity index (χ4n) is 2.58. The summed E-state index contributed by atoms with van der Waals surface area (Å²) in [5.41, 5.74) is 10.1. The van der Waals surface area contributed by atoms with Gasteiger partial charge in [0, 0.05) is 18.6 Å². The zero-order valence-electron chi connectivity index (χ0n) is 11.8. The first-order chi connectivity index (χ1) is 9.08. The molecule has 3 heteroatoms. The van der Waals surface area contributed by atoms with Gasteiger partial charge in [-0.25, -0.2) is 0 Å².